The monoisotopic (exact) mass is 338 g/mol. The molecule has 0 unspecified atom stereocenters. The third-order valence-corrected chi connectivity index (χ3v) is 4.68. The Labute approximate surface area is 147 Å². The summed E-state index contributed by atoms with van der Waals surface area (Å²) in [6.07, 6.45) is 7.47. The van der Waals surface area contributed by atoms with Gasteiger partial charge in [-0.3, -0.25) is 14.6 Å². The molecule has 0 radical (unpaired) electrons. The Morgan fingerprint density at radius 2 is 2.08 bits per heavy atom. The second-order valence-corrected chi connectivity index (χ2v) is 6.43. The van der Waals surface area contributed by atoms with Crippen LogP contribution in [0.4, 0.5) is 0 Å². The summed E-state index contributed by atoms with van der Waals surface area (Å²) >= 11 is 0. The molecule has 5 heteroatoms. The summed E-state index contributed by atoms with van der Waals surface area (Å²) in [6.45, 7) is 0.621. The number of nitrogens with zero attached hydrogens (tertiary/aromatic N) is 2. The highest BCUT2D eigenvalue weighted by Gasteiger charge is 2.31. The van der Waals surface area contributed by atoms with E-state index in [9.17, 15) is 14.7 Å². The van der Waals surface area contributed by atoms with Crippen LogP contribution in [0, 0.1) is 0 Å². The van der Waals surface area contributed by atoms with Gasteiger partial charge in [-0.2, -0.15) is 0 Å². The van der Waals surface area contributed by atoms with Crippen LogP contribution in [0.5, 0.6) is 5.75 Å². The van der Waals surface area contributed by atoms with E-state index in [0.29, 0.717) is 12.1 Å². The topological polar surface area (TPSA) is 70.5 Å². The highest BCUT2D eigenvalue weighted by molar-refractivity contribution is 6.42. The first-order valence-electron chi connectivity index (χ1n) is 8.68. The van der Waals surface area contributed by atoms with E-state index in [2.05, 4.69) is 4.98 Å². The van der Waals surface area contributed by atoms with Crippen molar-refractivity contribution in [2.45, 2.75) is 38.1 Å². The van der Waals surface area contributed by atoms with Crippen molar-refractivity contribution in [2.75, 3.05) is 6.54 Å². The molecule has 1 fully saturated rings. The molecule has 1 amide bonds. The van der Waals surface area contributed by atoms with E-state index in [1.54, 1.807) is 35.4 Å². The zero-order valence-corrected chi connectivity index (χ0v) is 14.1. The fraction of sp³-hybridized carbons (Fsp3) is 0.350. The van der Waals surface area contributed by atoms with Crippen molar-refractivity contribution in [1.29, 1.82) is 0 Å². The number of ketones is 1. The predicted octanol–water partition coefficient (Wildman–Crippen LogP) is 2.98. The summed E-state index contributed by atoms with van der Waals surface area (Å²) in [5, 5.41) is 9.57. The normalized spacial score (nSPS) is 17.3. The van der Waals surface area contributed by atoms with Gasteiger partial charge in [-0.05, 0) is 61.9 Å². The fourth-order valence-electron chi connectivity index (χ4n) is 3.36. The summed E-state index contributed by atoms with van der Waals surface area (Å²) in [6, 6.07) is 10.5. The van der Waals surface area contributed by atoms with Crippen molar-refractivity contribution in [3.8, 4) is 5.75 Å². The van der Waals surface area contributed by atoms with Crippen molar-refractivity contribution in [3.05, 3.63) is 59.9 Å². The van der Waals surface area contributed by atoms with E-state index in [4.69, 9.17) is 0 Å². The van der Waals surface area contributed by atoms with Gasteiger partial charge in [0, 0.05) is 30.5 Å². The summed E-state index contributed by atoms with van der Waals surface area (Å²) in [7, 11) is 0. The Balaban J connectivity index is 1.68. The minimum absolute atomic E-state index is 0.0595. The second kappa shape index (κ2) is 7.92. The van der Waals surface area contributed by atoms with Crippen LogP contribution in [-0.4, -0.2) is 39.3 Å². The van der Waals surface area contributed by atoms with Gasteiger partial charge in [0.1, 0.15) is 5.75 Å². The van der Waals surface area contributed by atoms with E-state index in [1.807, 2.05) is 12.1 Å². The van der Waals surface area contributed by atoms with Crippen LogP contribution >= 0.6 is 0 Å². The van der Waals surface area contributed by atoms with Gasteiger partial charge in [-0.1, -0.05) is 12.1 Å². The van der Waals surface area contributed by atoms with Crippen LogP contribution in [0.1, 0.15) is 41.6 Å². The Hall–Kier alpha value is -2.69. The summed E-state index contributed by atoms with van der Waals surface area (Å²) < 4.78 is 0. The Bertz CT molecular complexity index is 746. The molecule has 1 aliphatic heterocycles. The number of aromatic nitrogens is 1. The van der Waals surface area contributed by atoms with Gasteiger partial charge in [0.2, 0.25) is 0 Å². The molecule has 1 aliphatic rings. The first-order valence-corrected chi connectivity index (χ1v) is 8.68. The second-order valence-electron chi connectivity index (χ2n) is 6.43. The number of aryl methyl sites for hydroxylation is 1. The van der Waals surface area contributed by atoms with Gasteiger partial charge in [0.05, 0.1) is 0 Å². The molecule has 2 heterocycles. The number of aromatic hydroxyl groups is 1. The lowest BCUT2D eigenvalue weighted by atomic mass is 9.95. The lowest BCUT2D eigenvalue weighted by Gasteiger charge is -2.35. The Morgan fingerprint density at radius 1 is 1.20 bits per heavy atom. The summed E-state index contributed by atoms with van der Waals surface area (Å²) in [4.78, 5) is 30.8. The number of rotatable bonds is 5. The lowest BCUT2D eigenvalue weighted by Crippen LogP contribution is -2.47. The van der Waals surface area contributed by atoms with Crippen molar-refractivity contribution in [1.82, 2.24) is 9.88 Å². The molecule has 0 bridgehead atoms. The highest BCUT2D eigenvalue weighted by atomic mass is 16.3. The van der Waals surface area contributed by atoms with E-state index in [1.165, 1.54) is 6.20 Å². The minimum atomic E-state index is -0.489. The SMILES string of the molecule is O=C(C(=O)N1CCCC[C@@H]1CCc1cccc(O)c1)c1cccnc1. The van der Waals surface area contributed by atoms with E-state index < -0.39 is 11.7 Å². The number of Topliss-reactive ketones (excluding diaryl/α,β-unsaturated/α-hetero) is 1. The van der Waals surface area contributed by atoms with Gasteiger partial charge in [0.25, 0.3) is 11.7 Å². The number of piperidine rings is 1. The Kier molecular flexibility index (Phi) is 5.43. The van der Waals surface area contributed by atoms with Crippen molar-refractivity contribution in [2.24, 2.45) is 0 Å². The third kappa shape index (κ3) is 4.24. The Morgan fingerprint density at radius 3 is 2.84 bits per heavy atom. The molecule has 0 saturated carbocycles. The standard InChI is InChI=1S/C20H22N2O3/c23-18-8-3-5-15(13-18)9-10-17-7-1-2-12-22(17)20(25)19(24)16-6-4-11-21-14-16/h3-6,8,11,13-14,17,23H,1-2,7,9-10,12H2/t17-/m1/s1. The molecule has 1 aromatic heterocycles. The number of likely N-dealkylation sites (tertiary alicyclic amines) is 1. The van der Waals surface area contributed by atoms with Gasteiger partial charge < -0.3 is 10.0 Å². The van der Waals surface area contributed by atoms with Crippen LogP contribution in [0.15, 0.2) is 48.8 Å². The first kappa shape index (κ1) is 17.1. The largest absolute Gasteiger partial charge is 0.508 e. The molecule has 0 spiro atoms. The number of benzene rings is 1. The van der Waals surface area contributed by atoms with Crippen LogP contribution in [0.3, 0.4) is 0 Å². The predicted molar refractivity (Wildman–Crippen MR) is 94.3 cm³/mol. The molecule has 1 saturated heterocycles. The molecule has 2 aromatic rings. The number of phenolic OH excluding ortho intramolecular Hbond substituents is 1. The molecule has 1 atom stereocenters. The molecule has 25 heavy (non-hydrogen) atoms. The molecule has 5 nitrogen and oxygen atoms in total. The van der Waals surface area contributed by atoms with Crippen molar-refractivity contribution < 1.29 is 14.7 Å². The van der Waals surface area contributed by atoms with E-state index in [0.717, 1.165) is 37.7 Å². The zero-order chi connectivity index (χ0) is 17.6. The summed E-state index contributed by atoms with van der Waals surface area (Å²) in [5.74, 6) is -0.674. The number of carbonyl (C=O) groups is 2. The molecule has 3 rings (SSSR count). The fourth-order valence-corrected chi connectivity index (χ4v) is 3.36. The average molecular weight is 338 g/mol. The van der Waals surface area contributed by atoms with Crippen molar-refractivity contribution >= 4 is 11.7 Å². The number of carbonyl (C=O) groups excluding carboxylic acids is 2. The quantitative estimate of drug-likeness (QED) is 0.672. The number of hydrogen-bond donors (Lipinski definition) is 1. The summed E-state index contributed by atoms with van der Waals surface area (Å²) in [5.41, 5.74) is 1.38. The molecule has 130 valence electrons. The van der Waals surface area contributed by atoms with Gasteiger partial charge in [0.15, 0.2) is 0 Å². The highest BCUT2D eigenvalue weighted by Crippen LogP contribution is 2.23. The minimum Gasteiger partial charge on any atom is -0.508 e. The van der Waals surface area contributed by atoms with E-state index in [-0.39, 0.29) is 11.8 Å². The van der Waals surface area contributed by atoms with Gasteiger partial charge in [-0.15, -0.1) is 0 Å². The smallest absolute Gasteiger partial charge is 0.295 e. The van der Waals surface area contributed by atoms with Crippen LogP contribution in [0.2, 0.25) is 0 Å². The maximum Gasteiger partial charge on any atom is 0.295 e. The number of pyridine rings is 1. The average Bonchev–Trinajstić information content (AvgIpc) is 2.66. The number of hydrogen-bond acceptors (Lipinski definition) is 4. The molecule has 0 aliphatic carbocycles. The van der Waals surface area contributed by atoms with E-state index >= 15 is 0 Å². The molecular weight excluding hydrogens is 316 g/mol. The van der Waals surface area contributed by atoms with Crippen LogP contribution < -0.4 is 0 Å². The van der Waals surface area contributed by atoms with Crippen molar-refractivity contribution in [3.63, 3.8) is 0 Å². The zero-order valence-electron chi connectivity index (χ0n) is 14.1. The molecular formula is C20H22N2O3. The third-order valence-electron chi connectivity index (χ3n) is 4.68. The van der Waals surface area contributed by atoms with Gasteiger partial charge in [-0.25, -0.2) is 0 Å². The molecule has 1 N–H and O–H groups in total. The molecule has 1 aromatic carbocycles. The van der Waals surface area contributed by atoms with Crippen LogP contribution in [-0.2, 0) is 11.2 Å². The van der Waals surface area contributed by atoms with Gasteiger partial charge >= 0.3 is 0 Å². The number of amides is 1. The lowest BCUT2D eigenvalue weighted by molar-refractivity contribution is -0.130. The maximum absolute atomic E-state index is 12.7. The first-order chi connectivity index (χ1) is 12.1. The van der Waals surface area contributed by atoms with Crippen LogP contribution in [0.25, 0.3) is 0 Å². The number of phenols is 1. The maximum atomic E-state index is 12.7.